The maximum atomic E-state index is 12.6. The molecule has 3 rings (SSSR count). The Kier molecular flexibility index (Phi) is 4.11. The van der Waals surface area contributed by atoms with Gasteiger partial charge in [0.25, 0.3) is 0 Å². The van der Waals surface area contributed by atoms with Gasteiger partial charge < -0.3 is 10.1 Å². The van der Waals surface area contributed by atoms with Crippen molar-refractivity contribution < 1.29 is 9.53 Å². The molecule has 2 aromatic rings. The van der Waals surface area contributed by atoms with Gasteiger partial charge in [-0.25, -0.2) is 0 Å². The molecule has 1 unspecified atom stereocenters. The Morgan fingerprint density at radius 3 is 2.59 bits per heavy atom. The second kappa shape index (κ2) is 6.20. The predicted octanol–water partition coefficient (Wildman–Crippen LogP) is 2.69. The number of anilines is 1. The highest BCUT2D eigenvalue weighted by atomic mass is 16.5. The average molecular weight is 296 g/mol. The Balaban J connectivity index is 1.78. The summed E-state index contributed by atoms with van der Waals surface area (Å²) in [4.78, 5) is 14.7. The van der Waals surface area contributed by atoms with Gasteiger partial charge in [-0.3, -0.25) is 9.69 Å². The van der Waals surface area contributed by atoms with Crippen molar-refractivity contribution in [2.45, 2.75) is 19.0 Å². The monoisotopic (exact) mass is 296 g/mol. The number of benzene rings is 2. The van der Waals surface area contributed by atoms with Crippen LogP contribution in [0.1, 0.15) is 11.1 Å². The molecule has 0 radical (unpaired) electrons. The van der Waals surface area contributed by atoms with Crippen LogP contribution in [-0.2, 0) is 17.8 Å². The lowest BCUT2D eigenvalue weighted by Crippen LogP contribution is -2.45. The van der Waals surface area contributed by atoms with Gasteiger partial charge >= 0.3 is 0 Å². The van der Waals surface area contributed by atoms with Crippen molar-refractivity contribution >= 4 is 11.6 Å². The third-order valence-electron chi connectivity index (χ3n) is 4.15. The van der Waals surface area contributed by atoms with Crippen molar-refractivity contribution in [3.05, 3.63) is 59.7 Å². The summed E-state index contributed by atoms with van der Waals surface area (Å²) < 4.78 is 5.29. The molecule has 1 amide bonds. The zero-order valence-corrected chi connectivity index (χ0v) is 12.9. The van der Waals surface area contributed by atoms with Gasteiger partial charge in [0.05, 0.1) is 18.8 Å². The van der Waals surface area contributed by atoms with Crippen LogP contribution in [-0.4, -0.2) is 31.0 Å². The predicted molar refractivity (Wildman–Crippen MR) is 87.0 cm³/mol. The van der Waals surface area contributed by atoms with Gasteiger partial charge in [-0.05, 0) is 36.7 Å². The van der Waals surface area contributed by atoms with Crippen LogP contribution in [0.4, 0.5) is 5.69 Å². The van der Waals surface area contributed by atoms with Crippen LogP contribution in [0.2, 0.25) is 0 Å². The number of amides is 1. The molecule has 0 fully saturated rings. The summed E-state index contributed by atoms with van der Waals surface area (Å²) in [6.07, 6.45) is 0.730. The first kappa shape index (κ1) is 14.6. The standard InChI is InChI=1S/C18H20N2O2/c1-20-12-14-8-4-3-7-13(14)11-16(20)18(21)19-15-9-5-6-10-17(15)22-2/h3-10,16H,11-12H2,1-2H3,(H,19,21). The summed E-state index contributed by atoms with van der Waals surface area (Å²) in [5.41, 5.74) is 3.26. The Morgan fingerprint density at radius 1 is 1.14 bits per heavy atom. The molecule has 0 spiro atoms. The summed E-state index contributed by atoms with van der Waals surface area (Å²) in [6.45, 7) is 0.792. The summed E-state index contributed by atoms with van der Waals surface area (Å²) >= 11 is 0. The molecule has 22 heavy (non-hydrogen) atoms. The van der Waals surface area contributed by atoms with Gasteiger partial charge in [0, 0.05) is 6.54 Å². The lowest BCUT2D eigenvalue weighted by atomic mass is 9.94. The number of nitrogens with one attached hydrogen (secondary N) is 1. The molecule has 4 nitrogen and oxygen atoms in total. The lowest BCUT2D eigenvalue weighted by Gasteiger charge is -2.33. The van der Waals surface area contributed by atoms with Gasteiger partial charge in [-0.1, -0.05) is 36.4 Å². The summed E-state index contributed by atoms with van der Waals surface area (Å²) in [5, 5.41) is 2.99. The number of methoxy groups -OCH3 is 1. The van der Waals surface area contributed by atoms with Crippen molar-refractivity contribution in [1.29, 1.82) is 0 Å². The molecule has 1 heterocycles. The van der Waals surface area contributed by atoms with Crippen molar-refractivity contribution in [3.8, 4) is 5.75 Å². The molecule has 0 bridgehead atoms. The zero-order chi connectivity index (χ0) is 15.5. The molecule has 0 saturated carbocycles. The second-order valence-electron chi connectivity index (χ2n) is 5.59. The Labute approximate surface area is 130 Å². The summed E-state index contributed by atoms with van der Waals surface area (Å²) in [7, 11) is 3.59. The number of ether oxygens (including phenoxy) is 1. The van der Waals surface area contributed by atoms with Crippen LogP contribution in [0, 0.1) is 0 Å². The number of para-hydroxylation sites is 2. The first-order valence-electron chi connectivity index (χ1n) is 7.40. The fraction of sp³-hybridized carbons (Fsp3) is 0.278. The fourth-order valence-electron chi connectivity index (χ4n) is 2.91. The largest absolute Gasteiger partial charge is 0.495 e. The minimum absolute atomic E-state index is 0.00139. The number of carbonyl (C=O) groups is 1. The number of rotatable bonds is 3. The van der Waals surface area contributed by atoms with Crippen molar-refractivity contribution in [1.82, 2.24) is 4.90 Å². The van der Waals surface area contributed by atoms with E-state index >= 15 is 0 Å². The molecule has 0 saturated heterocycles. The van der Waals surface area contributed by atoms with Crippen molar-refractivity contribution in [3.63, 3.8) is 0 Å². The number of nitrogens with zero attached hydrogens (tertiary/aromatic N) is 1. The van der Waals surface area contributed by atoms with E-state index in [0.29, 0.717) is 11.4 Å². The van der Waals surface area contributed by atoms with Crippen LogP contribution in [0.3, 0.4) is 0 Å². The Morgan fingerprint density at radius 2 is 1.82 bits per heavy atom. The highest BCUT2D eigenvalue weighted by Gasteiger charge is 2.29. The maximum absolute atomic E-state index is 12.6. The normalized spacial score (nSPS) is 17.6. The molecule has 1 aliphatic rings. The Bertz CT molecular complexity index is 684. The minimum atomic E-state index is -0.167. The molecule has 114 valence electrons. The van der Waals surface area contributed by atoms with E-state index in [4.69, 9.17) is 4.74 Å². The third-order valence-corrected chi connectivity index (χ3v) is 4.15. The van der Waals surface area contributed by atoms with Gasteiger partial charge in [-0.2, -0.15) is 0 Å². The smallest absolute Gasteiger partial charge is 0.242 e. The van der Waals surface area contributed by atoms with E-state index < -0.39 is 0 Å². The van der Waals surface area contributed by atoms with Crippen LogP contribution in [0.25, 0.3) is 0 Å². The molecule has 0 aromatic heterocycles. The van der Waals surface area contributed by atoms with Crippen LogP contribution < -0.4 is 10.1 Å². The van der Waals surface area contributed by atoms with E-state index in [1.165, 1.54) is 11.1 Å². The van der Waals surface area contributed by atoms with E-state index in [1.807, 2.05) is 43.4 Å². The van der Waals surface area contributed by atoms with Gasteiger partial charge in [0.15, 0.2) is 0 Å². The zero-order valence-electron chi connectivity index (χ0n) is 12.9. The minimum Gasteiger partial charge on any atom is -0.495 e. The van der Waals surface area contributed by atoms with Gasteiger partial charge in [0.1, 0.15) is 5.75 Å². The molecular weight excluding hydrogens is 276 g/mol. The van der Waals surface area contributed by atoms with Crippen LogP contribution >= 0.6 is 0 Å². The van der Waals surface area contributed by atoms with Gasteiger partial charge in [0.2, 0.25) is 5.91 Å². The van der Waals surface area contributed by atoms with Crippen LogP contribution in [0.5, 0.6) is 5.75 Å². The fourth-order valence-corrected chi connectivity index (χ4v) is 2.91. The molecule has 1 N–H and O–H groups in total. The summed E-state index contributed by atoms with van der Waals surface area (Å²) in [5.74, 6) is 0.677. The van der Waals surface area contributed by atoms with Gasteiger partial charge in [-0.15, -0.1) is 0 Å². The first-order chi connectivity index (χ1) is 10.7. The third kappa shape index (κ3) is 2.83. The van der Waals surface area contributed by atoms with E-state index in [2.05, 4.69) is 22.3 Å². The maximum Gasteiger partial charge on any atom is 0.242 e. The molecule has 2 aromatic carbocycles. The van der Waals surface area contributed by atoms with Crippen molar-refractivity contribution in [2.75, 3.05) is 19.5 Å². The van der Waals surface area contributed by atoms with E-state index in [1.54, 1.807) is 7.11 Å². The number of fused-ring (bicyclic) bond motifs is 1. The topological polar surface area (TPSA) is 41.6 Å². The lowest BCUT2D eigenvalue weighted by molar-refractivity contribution is -0.121. The number of hydrogen-bond acceptors (Lipinski definition) is 3. The molecule has 1 atom stereocenters. The van der Waals surface area contributed by atoms with E-state index in [0.717, 1.165) is 13.0 Å². The molecular formula is C18H20N2O2. The molecule has 1 aliphatic heterocycles. The van der Waals surface area contributed by atoms with E-state index in [-0.39, 0.29) is 11.9 Å². The molecule has 4 heteroatoms. The van der Waals surface area contributed by atoms with Crippen molar-refractivity contribution in [2.24, 2.45) is 0 Å². The quantitative estimate of drug-likeness (QED) is 0.947. The number of hydrogen-bond donors (Lipinski definition) is 1. The second-order valence-corrected chi connectivity index (χ2v) is 5.59. The number of carbonyl (C=O) groups excluding carboxylic acids is 1. The average Bonchev–Trinajstić information content (AvgIpc) is 2.54. The SMILES string of the molecule is COc1ccccc1NC(=O)C1Cc2ccccc2CN1C. The van der Waals surface area contributed by atoms with E-state index in [9.17, 15) is 4.79 Å². The van der Waals surface area contributed by atoms with Crippen LogP contribution in [0.15, 0.2) is 48.5 Å². The first-order valence-corrected chi connectivity index (χ1v) is 7.40. The molecule has 0 aliphatic carbocycles. The highest BCUT2D eigenvalue weighted by Crippen LogP contribution is 2.26. The summed E-state index contributed by atoms with van der Waals surface area (Å²) in [6, 6.07) is 15.6. The highest BCUT2D eigenvalue weighted by molar-refractivity contribution is 5.96. The number of likely N-dealkylation sites (N-methyl/N-ethyl adjacent to an activating group) is 1. The Hall–Kier alpha value is -2.33.